The summed E-state index contributed by atoms with van der Waals surface area (Å²) in [5, 5.41) is 0.899. The fraction of sp³-hybridized carbons (Fsp3) is 0.333. The highest BCUT2D eigenvalue weighted by atomic mass is 35.5. The molecule has 0 unspecified atom stereocenters. The number of aromatic nitrogens is 3. The highest BCUT2D eigenvalue weighted by Crippen LogP contribution is 2.30. The van der Waals surface area contributed by atoms with Gasteiger partial charge in [-0.1, -0.05) is 0 Å². The summed E-state index contributed by atoms with van der Waals surface area (Å²) in [4.78, 5) is 25.9. The lowest BCUT2D eigenvalue weighted by Gasteiger charge is -2.24. The van der Waals surface area contributed by atoms with E-state index in [0.29, 0.717) is 11.5 Å². The van der Waals surface area contributed by atoms with E-state index in [2.05, 4.69) is 15.0 Å². The number of rotatable bonds is 2. The minimum absolute atomic E-state index is 0.122. The third-order valence-corrected chi connectivity index (χ3v) is 3.45. The molecule has 0 spiro atoms. The number of hydrogen-bond donors (Lipinski definition) is 1. The van der Waals surface area contributed by atoms with Crippen LogP contribution in [0.2, 0.25) is 5.28 Å². The monoisotopic (exact) mass is 277 g/mol. The van der Waals surface area contributed by atoms with Crippen molar-refractivity contribution in [2.24, 2.45) is 5.73 Å². The molecule has 1 fully saturated rings. The molecule has 2 N–H and O–H groups in total. The molecule has 6 nitrogen and oxygen atoms in total. The van der Waals surface area contributed by atoms with Crippen molar-refractivity contribution in [1.29, 1.82) is 0 Å². The van der Waals surface area contributed by atoms with Gasteiger partial charge in [0.1, 0.15) is 11.9 Å². The zero-order valence-corrected chi connectivity index (χ0v) is 10.8. The van der Waals surface area contributed by atoms with Gasteiger partial charge < -0.3 is 10.6 Å². The molecular formula is C12H12ClN5O. The van der Waals surface area contributed by atoms with Gasteiger partial charge in [0.15, 0.2) is 5.65 Å². The number of carbonyl (C=O) groups excluding carboxylic acids is 1. The second kappa shape index (κ2) is 4.62. The molecule has 1 aliphatic rings. The summed E-state index contributed by atoms with van der Waals surface area (Å²) >= 11 is 5.92. The van der Waals surface area contributed by atoms with Crippen LogP contribution in [0.3, 0.4) is 0 Å². The molecule has 0 aromatic carbocycles. The van der Waals surface area contributed by atoms with Crippen molar-refractivity contribution in [1.82, 2.24) is 15.0 Å². The first-order chi connectivity index (χ1) is 9.16. The zero-order chi connectivity index (χ0) is 13.4. The van der Waals surface area contributed by atoms with Gasteiger partial charge in [0, 0.05) is 12.7 Å². The van der Waals surface area contributed by atoms with Gasteiger partial charge in [0.2, 0.25) is 11.2 Å². The second-order valence-electron chi connectivity index (χ2n) is 4.44. The standard InChI is InChI=1S/C12H12ClN5O/c13-12-16-10-7(3-1-5-15-10)11(17-12)18-6-2-4-8(18)9(14)19/h1,3,5,8H,2,4,6H2,(H2,14,19)/t8-/m0/s1. The van der Waals surface area contributed by atoms with E-state index >= 15 is 0 Å². The molecule has 19 heavy (non-hydrogen) atoms. The summed E-state index contributed by atoms with van der Waals surface area (Å²) in [6.45, 7) is 0.727. The minimum Gasteiger partial charge on any atom is -0.368 e. The molecule has 0 bridgehead atoms. The summed E-state index contributed by atoms with van der Waals surface area (Å²) in [5.74, 6) is 0.286. The van der Waals surface area contributed by atoms with Crippen molar-refractivity contribution in [2.45, 2.75) is 18.9 Å². The predicted octanol–water partition coefficient (Wildman–Crippen LogP) is 1.13. The van der Waals surface area contributed by atoms with Gasteiger partial charge in [-0.05, 0) is 36.6 Å². The van der Waals surface area contributed by atoms with Gasteiger partial charge in [-0.2, -0.15) is 9.97 Å². The Balaban J connectivity index is 2.16. The third-order valence-electron chi connectivity index (χ3n) is 3.28. The number of halogens is 1. The van der Waals surface area contributed by atoms with E-state index in [-0.39, 0.29) is 17.2 Å². The van der Waals surface area contributed by atoms with Crippen LogP contribution in [-0.4, -0.2) is 33.4 Å². The molecular weight excluding hydrogens is 266 g/mol. The number of nitrogens with two attached hydrogens (primary N) is 1. The van der Waals surface area contributed by atoms with Gasteiger partial charge in [0.05, 0.1) is 5.39 Å². The SMILES string of the molecule is NC(=O)[C@@H]1CCCN1c1nc(Cl)nc2ncccc12. The van der Waals surface area contributed by atoms with E-state index in [1.807, 2.05) is 11.0 Å². The molecule has 1 aliphatic heterocycles. The van der Waals surface area contributed by atoms with Crippen molar-refractivity contribution >= 4 is 34.4 Å². The molecule has 1 amide bonds. The molecule has 0 radical (unpaired) electrons. The topological polar surface area (TPSA) is 85.0 Å². The first-order valence-electron chi connectivity index (χ1n) is 6.01. The lowest BCUT2D eigenvalue weighted by atomic mass is 10.2. The van der Waals surface area contributed by atoms with Gasteiger partial charge >= 0.3 is 0 Å². The molecule has 3 rings (SSSR count). The molecule has 7 heteroatoms. The Bertz CT molecular complexity index is 647. The maximum Gasteiger partial charge on any atom is 0.240 e. The number of anilines is 1. The Kier molecular flexibility index (Phi) is 2.94. The van der Waals surface area contributed by atoms with Crippen LogP contribution in [0.1, 0.15) is 12.8 Å². The normalized spacial score (nSPS) is 19.0. The van der Waals surface area contributed by atoms with Gasteiger partial charge in [-0.15, -0.1) is 0 Å². The summed E-state index contributed by atoms with van der Waals surface area (Å²) in [5.41, 5.74) is 5.96. The summed E-state index contributed by atoms with van der Waals surface area (Å²) in [7, 11) is 0. The van der Waals surface area contributed by atoms with Gasteiger partial charge in [-0.3, -0.25) is 4.79 Å². The number of pyridine rings is 1. The molecule has 98 valence electrons. The number of carbonyl (C=O) groups is 1. The van der Waals surface area contributed by atoms with Crippen LogP contribution in [0.25, 0.3) is 11.0 Å². The second-order valence-corrected chi connectivity index (χ2v) is 4.78. The lowest BCUT2D eigenvalue weighted by molar-refractivity contribution is -0.119. The highest BCUT2D eigenvalue weighted by molar-refractivity contribution is 6.28. The smallest absolute Gasteiger partial charge is 0.240 e. The Labute approximate surface area is 114 Å². The third kappa shape index (κ3) is 2.08. The van der Waals surface area contributed by atoms with Crippen molar-refractivity contribution < 1.29 is 4.79 Å². The first-order valence-corrected chi connectivity index (χ1v) is 6.39. The fourth-order valence-electron chi connectivity index (χ4n) is 2.46. The number of primary amides is 1. The molecule has 1 saturated heterocycles. The van der Waals surface area contributed by atoms with E-state index in [4.69, 9.17) is 17.3 Å². The van der Waals surface area contributed by atoms with Crippen LogP contribution in [0.15, 0.2) is 18.3 Å². The Morgan fingerprint density at radius 2 is 2.32 bits per heavy atom. The Morgan fingerprint density at radius 3 is 3.11 bits per heavy atom. The van der Waals surface area contributed by atoms with Crippen LogP contribution >= 0.6 is 11.6 Å². The zero-order valence-electron chi connectivity index (χ0n) is 10.1. The van der Waals surface area contributed by atoms with E-state index in [1.54, 1.807) is 12.3 Å². The first kappa shape index (κ1) is 12.1. The molecule has 3 heterocycles. The minimum atomic E-state index is -0.343. The summed E-state index contributed by atoms with van der Waals surface area (Å²) in [6, 6.07) is 3.33. The average Bonchev–Trinajstić information content (AvgIpc) is 2.86. The number of fused-ring (bicyclic) bond motifs is 1. The van der Waals surface area contributed by atoms with Gasteiger partial charge in [0.25, 0.3) is 0 Å². The Hall–Kier alpha value is -1.95. The van der Waals surface area contributed by atoms with Crippen molar-refractivity contribution in [3.8, 4) is 0 Å². The largest absolute Gasteiger partial charge is 0.368 e. The van der Waals surface area contributed by atoms with Crippen LogP contribution in [0.5, 0.6) is 0 Å². The maximum absolute atomic E-state index is 11.5. The van der Waals surface area contributed by atoms with Crippen LogP contribution in [-0.2, 0) is 4.79 Å². The van der Waals surface area contributed by atoms with E-state index in [9.17, 15) is 4.79 Å². The van der Waals surface area contributed by atoms with Crippen molar-refractivity contribution in [2.75, 3.05) is 11.4 Å². The van der Waals surface area contributed by atoms with Crippen molar-refractivity contribution in [3.05, 3.63) is 23.6 Å². The quantitative estimate of drug-likeness (QED) is 0.832. The lowest BCUT2D eigenvalue weighted by Crippen LogP contribution is -2.40. The van der Waals surface area contributed by atoms with E-state index in [0.717, 1.165) is 24.8 Å². The highest BCUT2D eigenvalue weighted by Gasteiger charge is 2.31. The average molecular weight is 278 g/mol. The van der Waals surface area contributed by atoms with Crippen LogP contribution < -0.4 is 10.6 Å². The van der Waals surface area contributed by atoms with Crippen LogP contribution in [0, 0.1) is 0 Å². The molecule has 0 saturated carbocycles. The number of nitrogens with zero attached hydrogens (tertiary/aromatic N) is 4. The predicted molar refractivity (Wildman–Crippen MR) is 71.9 cm³/mol. The fourth-order valence-corrected chi connectivity index (χ4v) is 2.62. The molecule has 2 aromatic rings. The van der Waals surface area contributed by atoms with Gasteiger partial charge in [-0.25, -0.2) is 4.98 Å². The Morgan fingerprint density at radius 1 is 1.47 bits per heavy atom. The molecule has 2 aromatic heterocycles. The summed E-state index contributed by atoms with van der Waals surface area (Å²) < 4.78 is 0. The number of hydrogen-bond acceptors (Lipinski definition) is 5. The van der Waals surface area contributed by atoms with E-state index in [1.165, 1.54) is 0 Å². The van der Waals surface area contributed by atoms with Crippen LogP contribution in [0.4, 0.5) is 5.82 Å². The molecule has 0 aliphatic carbocycles. The number of amides is 1. The summed E-state index contributed by atoms with van der Waals surface area (Å²) in [6.07, 6.45) is 3.28. The maximum atomic E-state index is 11.5. The van der Waals surface area contributed by atoms with E-state index < -0.39 is 0 Å². The van der Waals surface area contributed by atoms with Crippen molar-refractivity contribution in [3.63, 3.8) is 0 Å². The molecule has 1 atom stereocenters.